The molecule has 1 rings (SSSR count). The molecule has 1 aliphatic rings. The maximum atomic E-state index is 10.6. The second-order valence-electron chi connectivity index (χ2n) is 4.68. The first-order valence-electron chi connectivity index (χ1n) is 6.24. The van der Waals surface area contributed by atoms with Gasteiger partial charge in [-0.3, -0.25) is 4.79 Å². The number of hydrogen-bond acceptors (Lipinski definition) is 2. The van der Waals surface area contributed by atoms with E-state index in [2.05, 4.69) is 12.2 Å². The van der Waals surface area contributed by atoms with E-state index in [1.807, 2.05) is 0 Å². The molecule has 15 heavy (non-hydrogen) atoms. The lowest BCUT2D eigenvalue weighted by Crippen LogP contribution is -2.35. The van der Waals surface area contributed by atoms with Gasteiger partial charge in [-0.1, -0.05) is 19.8 Å². The Bertz CT molecular complexity index is 186. The molecule has 0 spiro atoms. The fourth-order valence-corrected chi connectivity index (χ4v) is 2.46. The van der Waals surface area contributed by atoms with Crippen molar-refractivity contribution in [2.75, 3.05) is 6.54 Å². The minimum Gasteiger partial charge on any atom is -0.370 e. The Labute approximate surface area is 92.8 Å². The summed E-state index contributed by atoms with van der Waals surface area (Å²) in [4.78, 5) is 10.6. The van der Waals surface area contributed by atoms with Gasteiger partial charge in [-0.25, -0.2) is 0 Å². The van der Waals surface area contributed by atoms with Crippen LogP contribution in [-0.2, 0) is 4.79 Å². The highest BCUT2D eigenvalue weighted by atomic mass is 16.1. The zero-order valence-electron chi connectivity index (χ0n) is 9.80. The topological polar surface area (TPSA) is 55.1 Å². The predicted molar refractivity (Wildman–Crippen MR) is 62.5 cm³/mol. The van der Waals surface area contributed by atoms with Crippen LogP contribution < -0.4 is 11.1 Å². The minimum atomic E-state index is -0.206. The summed E-state index contributed by atoms with van der Waals surface area (Å²) in [6.07, 6.45) is 8.39. The molecule has 0 atom stereocenters. The number of carbonyl (C=O) groups is 1. The summed E-state index contributed by atoms with van der Waals surface area (Å²) >= 11 is 0. The average molecular weight is 212 g/mol. The molecule has 0 bridgehead atoms. The van der Waals surface area contributed by atoms with E-state index >= 15 is 0 Å². The summed E-state index contributed by atoms with van der Waals surface area (Å²) in [5, 5.41) is 3.41. The van der Waals surface area contributed by atoms with Gasteiger partial charge in [0.1, 0.15) is 0 Å². The quantitative estimate of drug-likeness (QED) is 0.705. The zero-order chi connectivity index (χ0) is 11.1. The third-order valence-electron chi connectivity index (χ3n) is 3.35. The van der Waals surface area contributed by atoms with E-state index in [0.717, 1.165) is 12.5 Å². The van der Waals surface area contributed by atoms with Crippen molar-refractivity contribution in [3.8, 4) is 0 Å². The van der Waals surface area contributed by atoms with Gasteiger partial charge in [0.25, 0.3) is 0 Å². The summed E-state index contributed by atoms with van der Waals surface area (Å²) in [5.41, 5.74) is 5.09. The predicted octanol–water partition coefficient (Wildman–Crippen LogP) is 1.81. The van der Waals surface area contributed by atoms with Gasteiger partial charge in [0.05, 0.1) is 0 Å². The number of rotatable bonds is 6. The van der Waals surface area contributed by atoms with Crippen LogP contribution in [0.15, 0.2) is 0 Å². The van der Waals surface area contributed by atoms with Gasteiger partial charge >= 0.3 is 0 Å². The van der Waals surface area contributed by atoms with Crippen LogP contribution in [0.1, 0.15) is 51.9 Å². The SMILES string of the molecule is CCCC1CCC(NCCC(N)=O)CC1. The summed E-state index contributed by atoms with van der Waals surface area (Å²) in [7, 11) is 0. The smallest absolute Gasteiger partial charge is 0.218 e. The zero-order valence-corrected chi connectivity index (χ0v) is 9.80. The number of carbonyl (C=O) groups excluding carboxylic acids is 1. The summed E-state index contributed by atoms with van der Waals surface area (Å²) in [6.45, 7) is 3.01. The highest BCUT2D eigenvalue weighted by molar-refractivity contribution is 5.73. The lowest BCUT2D eigenvalue weighted by molar-refractivity contribution is -0.117. The molecule has 1 fully saturated rings. The molecular formula is C12H24N2O. The normalized spacial score (nSPS) is 26.5. The average Bonchev–Trinajstić information content (AvgIpc) is 2.20. The fraction of sp³-hybridized carbons (Fsp3) is 0.917. The van der Waals surface area contributed by atoms with Gasteiger partial charge in [-0.15, -0.1) is 0 Å². The van der Waals surface area contributed by atoms with Crippen molar-refractivity contribution in [3.63, 3.8) is 0 Å². The molecular weight excluding hydrogens is 188 g/mol. The van der Waals surface area contributed by atoms with Crippen molar-refractivity contribution in [1.82, 2.24) is 5.32 Å². The largest absolute Gasteiger partial charge is 0.370 e. The standard InChI is InChI=1S/C12H24N2O/c1-2-3-10-4-6-11(7-5-10)14-9-8-12(13)15/h10-11,14H,2-9H2,1H3,(H2,13,15). The van der Waals surface area contributed by atoms with Crippen molar-refractivity contribution in [2.24, 2.45) is 11.7 Å². The first-order chi connectivity index (χ1) is 7.22. The van der Waals surface area contributed by atoms with Crippen LogP contribution in [-0.4, -0.2) is 18.5 Å². The summed E-state index contributed by atoms with van der Waals surface area (Å²) in [5.74, 6) is 0.742. The van der Waals surface area contributed by atoms with Gasteiger partial charge in [0, 0.05) is 19.0 Å². The first kappa shape index (κ1) is 12.5. The Kier molecular flexibility index (Phi) is 5.69. The van der Waals surface area contributed by atoms with E-state index < -0.39 is 0 Å². The van der Waals surface area contributed by atoms with E-state index in [1.54, 1.807) is 0 Å². The third kappa shape index (κ3) is 5.17. The number of amides is 1. The Morgan fingerprint density at radius 1 is 1.33 bits per heavy atom. The van der Waals surface area contributed by atoms with Crippen molar-refractivity contribution in [3.05, 3.63) is 0 Å². The molecule has 3 nitrogen and oxygen atoms in total. The van der Waals surface area contributed by atoms with Crippen molar-refractivity contribution < 1.29 is 4.79 Å². The first-order valence-corrected chi connectivity index (χ1v) is 6.24. The fourth-order valence-electron chi connectivity index (χ4n) is 2.46. The van der Waals surface area contributed by atoms with Crippen LogP contribution in [0.3, 0.4) is 0 Å². The molecule has 0 aromatic rings. The van der Waals surface area contributed by atoms with Crippen molar-refractivity contribution in [1.29, 1.82) is 0 Å². The molecule has 0 saturated heterocycles. The van der Waals surface area contributed by atoms with Crippen LogP contribution in [0.5, 0.6) is 0 Å². The Morgan fingerprint density at radius 3 is 2.53 bits per heavy atom. The lowest BCUT2D eigenvalue weighted by Gasteiger charge is -2.28. The molecule has 88 valence electrons. The third-order valence-corrected chi connectivity index (χ3v) is 3.35. The van der Waals surface area contributed by atoms with E-state index in [9.17, 15) is 4.79 Å². The van der Waals surface area contributed by atoms with Crippen molar-refractivity contribution >= 4 is 5.91 Å². The second-order valence-corrected chi connectivity index (χ2v) is 4.68. The Hall–Kier alpha value is -0.570. The number of nitrogens with one attached hydrogen (secondary N) is 1. The Balaban J connectivity index is 2.06. The molecule has 0 heterocycles. The highest BCUT2D eigenvalue weighted by Gasteiger charge is 2.19. The van der Waals surface area contributed by atoms with E-state index in [0.29, 0.717) is 12.5 Å². The molecule has 1 aliphatic carbocycles. The Morgan fingerprint density at radius 2 is 2.00 bits per heavy atom. The van der Waals surface area contributed by atoms with Crippen LogP contribution >= 0.6 is 0 Å². The molecule has 3 N–H and O–H groups in total. The second kappa shape index (κ2) is 6.83. The van der Waals surface area contributed by atoms with Crippen LogP contribution in [0.2, 0.25) is 0 Å². The van der Waals surface area contributed by atoms with Gasteiger partial charge < -0.3 is 11.1 Å². The maximum Gasteiger partial charge on any atom is 0.218 e. The van der Waals surface area contributed by atoms with Gasteiger partial charge in [-0.05, 0) is 31.6 Å². The van der Waals surface area contributed by atoms with Gasteiger partial charge in [0.2, 0.25) is 5.91 Å². The molecule has 0 unspecified atom stereocenters. The van der Waals surface area contributed by atoms with Crippen molar-refractivity contribution in [2.45, 2.75) is 57.9 Å². The number of primary amides is 1. The summed E-state index contributed by atoms with van der Waals surface area (Å²) in [6, 6.07) is 0.623. The molecule has 0 aromatic carbocycles. The monoisotopic (exact) mass is 212 g/mol. The van der Waals surface area contributed by atoms with Crippen LogP contribution in [0, 0.1) is 5.92 Å². The van der Waals surface area contributed by atoms with E-state index in [4.69, 9.17) is 5.73 Å². The number of hydrogen-bond donors (Lipinski definition) is 2. The molecule has 0 aromatic heterocycles. The van der Waals surface area contributed by atoms with E-state index in [1.165, 1.54) is 38.5 Å². The minimum absolute atomic E-state index is 0.206. The highest BCUT2D eigenvalue weighted by Crippen LogP contribution is 2.27. The summed E-state index contributed by atoms with van der Waals surface area (Å²) < 4.78 is 0. The molecule has 0 aliphatic heterocycles. The molecule has 0 radical (unpaired) electrons. The van der Waals surface area contributed by atoms with E-state index in [-0.39, 0.29) is 5.91 Å². The van der Waals surface area contributed by atoms with Crippen LogP contribution in [0.25, 0.3) is 0 Å². The molecule has 1 saturated carbocycles. The van der Waals surface area contributed by atoms with Gasteiger partial charge in [-0.2, -0.15) is 0 Å². The van der Waals surface area contributed by atoms with Crippen LogP contribution in [0.4, 0.5) is 0 Å². The molecule has 1 amide bonds. The number of nitrogens with two attached hydrogens (primary N) is 1. The lowest BCUT2D eigenvalue weighted by atomic mass is 9.83. The molecule has 3 heteroatoms. The maximum absolute atomic E-state index is 10.6. The van der Waals surface area contributed by atoms with Gasteiger partial charge in [0.15, 0.2) is 0 Å².